The van der Waals surface area contributed by atoms with Crippen LogP contribution in [0.4, 0.5) is 0 Å². The van der Waals surface area contributed by atoms with Crippen LogP contribution >= 0.6 is 0 Å². The molecule has 1 aromatic rings. The zero-order valence-corrected chi connectivity index (χ0v) is 8.32. The second-order valence-electron chi connectivity index (χ2n) is 3.18. The van der Waals surface area contributed by atoms with Crippen LogP contribution in [-0.2, 0) is 4.84 Å². The summed E-state index contributed by atoms with van der Waals surface area (Å²) < 4.78 is 4.93. The van der Waals surface area contributed by atoms with Gasteiger partial charge >= 0.3 is 0 Å². The van der Waals surface area contributed by atoms with Crippen LogP contribution in [0.5, 0.6) is 0 Å². The Morgan fingerprint density at radius 3 is 3.13 bits per heavy atom. The first-order valence-electron chi connectivity index (χ1n) is 4.64. The number of hydrogen-bond acceptors (Lipinski definition) is 5. The van der Waals surface area contributed by atoms with Crippen LogP contribution in [0.3, 0.4) is 0 Å². The molecule has 0 aliphatic carbocycles. The average Bonchev–Trinajstić information content (AvgIpc) is 2.84. The predicted octanol–water partition coefficient (Wildman–Crippen LogP) is 0.489. The second-order valence-corrected chi connectivity index (χ2v) is 3.18. The van der Waals surface area contributed by atoms with E-state index in [1.54, 1.807) is 6.92 Å². The van der Waals surface area contributed by atoms with Gasteiger partial charge in [0.25, 0.3) is 5.91 Å². The number of hydrogen-bond donors (Lipinski definition) is 1. The Hall–Kier alpha value is -1.85. The third-order valence-corrected chi connectivity index (χ3v) is 1.98. The van der Waals surface area contributed by atoms with Gasteiger partial charge in [-0.1, -0.05) is 5.16 Å². The summed E-state index contributed by atoms with van der Waals surface area (Å²) in [6.07, 6.45) is 2.09. The van der Waals surface area contributed by atoms with Crippen LogP contribution < -0.4 is 5.32 Å². The molecule has 1 aliphatic heterocycles. The largest absolute Gasteiger partial charge is 0.448 e. The van der Waals surface area contributed by atoms with E-state index < -0.39 is 0 Å². The van der Waals surface area contributed by atoms with Crippen molar-refractivity contribution in [2.45, 2.75) is 13.3 Å². The molecule has 2 heterocycles. The maximum absolute atomic E-state index is 11.5. The quantitative estimate of drug-likeness (QED) is 0.785. The smallest absolute Gasteiger partial charge is 0.273 e. The first-order chi connectivity index (χ1) is 7.25. The lowest BCUT2D eigenvalue weighted by molar-refractivity contribution is 0.0954. The summed E-state index contributed by atoms with van der Waals surface area (Å²) in [7, 11) is 0. The molecule has 80 valence electrons. The number of nitrogens with zero attached hydrogens (tertiary/aromatic N) is 2. The Bertz CT molecular complexity index is 397. The third kappa shape index (κ3) is 2.34. The second kappa shape index (κ2) is 4.12. The summed E-state index contributed by atoms with van der Waals surface area (Å²) in [5.74, 6) is 0.211. The van der Waals surface area contributed by atoms with Crippen molar-refractivity contribution in [3.63, 3.8) is 0 Å². The van der Waals surface area contributed by atoms with E-state index in [1.807, 2.05) is 0 Å². The number of aryl methyl sites for hydroxylation is 1. The Morgan fingerprint density at radius 2 is 2.53 bits per heavy atom. The molecule has 1 N–H and O–H groups in total. The molecule has 15 heavy (non-hydrogen) atoms. The Morgan fingerprint density at radius 1 is 1.67 bits per heavy atom. The molecule has 0 saturated carbocycles. The minimum absolute atomic E-state index is 0.263. The van der Waals surface area contributed by atoms with E-state index in [1.165, 1.54) is 6.26 Å². The third-order valence-electron chi connectivity index (χ3n) is 1.98. The van der Waals surface area contributed by atoms with Gasteiger partial charge in [-0.15, -0.1) is 0 Å². The molecule has 0 bridgehead atoms. The fourth-order valence-electron chi connectivity index (χ4n) is 1.21. The van der Waals surface area contributed by atoms with Crippen LogP contribution in [-0.4, -0.2) is 29.8 Å². The van der Waals surface area contributed by atoms with Gasteiger partial charge in [0.15, 0.2) is 11.6 Å². The number of nitrogens with one attached hydrogen (secondary N) is 1. The predicted molar refractivity (Wildman–Crippen MR) is 51.6 cm³/mol. The van der Waals surface area contributed by atoms with E-state index in [2.05, 4.69) is 15.5 Å². The van der Waals surface area contributed by atoms with Crippen molar-refractivity contribution >= 4 is 11.6 Å². The summed E-state index contributed by atoms with van der Waals surface area (Å²) >= 11 is 0. The molecule has 2 rings (SSSR count). The van der Waals surface area contributed by atoms with Crippen molar-refractivity contribution in [3.05, 3.63) is 17.8 Å². The monoisotopic (exact) mass is 209 g/mol. The fraction of sp³-hybridized carbons (Fsp3) is 0.444. The van der Waals surface area contributed by atoms with Gasteiger partial charge in [-0.2, -0.15) is 0 Å². The van der Waals surface area contributed by atoms with Gasteiger partial charge in [0.05, 0.1) is 12.3 Å². The van der Waals surface area contributed by atoms with Crippen LogP contribution in [0.25, 0.3) is 0 Å². The standard InChI is InChI=1S/C9H11N3O3/c1-6-11-8(5-14-6)9(13)10-4-7-2-3-15-12-7/h5H,2-4H2,1H3,(H,10,13). The minimum atomic E-state index is -0.263. The highest BCUT2D eigenvalue weighted by atomic mass is 16.6. The Labute approximate surface area is 86.3 Å². The molecule has 0 atom stereocenters. The number of oxazole rings is 1. The van der Waals surface area contributed by atoms with Crippen LogP contribution in [0.1, 0.15) is 22.8 Å². The molecule has 0 aromatic carbocycles. The highest BCUT2D eigenvalue weighted by Gasteiger charge is 2.13. The summed E-state index contributed by atoms with van der Waals surface area (Å²) in [5.41, 5.74) is 1.12. The summed E-state index contributed by atoms with van der Waals surface area (Å²) in [6, 6.07) is 0. The Kier molecular flexibility index (Phi) is 2.66. The summed E-state index contributed by atoms with van der Waals surface area (Å²) in [5, 5.41) is 6.45. The maximum Gasteiger partial charge on any atom is 0.273 e. The van der Waals surface area contributed by atoms with Crippen LogP contribution in [0.2, 0.25) is 0 Å². The zero-order valence-electron chi connectivity index (χ0n) is 8.32. The van der Waals surface area contributed by atoms with Crippen molar-refractivity contribution in [1.82, 2.24) is 10.3 Å². The van der Waals surface area contributed by atoms with E-state index in [0.29, 0.717) is 19.0 Å². The molecule has 0 unspecified atom stereocenters. The maximum atomic E-state index is 11.5. The van der Waals surface area contributed by atoms with Crippen LogP contribution in [0, 0.1) is 6.92 Å². The lowest BCUT2D eigenvalue weighted by atomic mass is 10.3. The molecule has 0 fully saturated rings. The molecule has 0 spiro atoms. The minimum Gasteiger partial charge on any atom is -0.448 e. The van der Waals surface area contributed by atoms with Gasteiger partial charge in [-0.05, 0) is 0 Å². The molecule has 0 saturated heterocycles. The van der Waals surface area contributed by atoms with Crippen molar-refractivity contribution in [2.75, 3.05) is 13.2 Å². The van der Waals surface area contributed by atoms with Gasteiger partial charge in [0.1, 0.15) is 12.9 Å². The van der Waals surface area contributed by atoms with E-state index in [0.717, 1.165) is 12.1 Å². The fourth-order valence-corrected chi connectivity index (χ4v) is 1.21. The number of carbonyl (C=O) groups excluding carboxylic acids is 1. The summed E-state index contributed by atoms with van der Waals surface area (Å²) in [4.78, 5) is 20.2. The lowest BCUT2D eigenvalue weighted by Crippen LogP contribution is -2.29. The first-order valence-corrected chi connectivity index (χ1v) is 4.64. The molecule has 1 aromatic heterocycles. The Balaban J connectivity index is 1.87. The number of carbonyl (C=O) groups is 1. The highest BCUT2D eigenvalue weighted by molar-refractivity contribution is 5.96. The average molecular weight is 209 g/mol. The number of aromatic nitrogens is 1. The normalized spacial score (nSPS) is 14.6. The van der Waals surface area contributed by atoms with E-state index in [4.69, 9.17) is 9.25 Å². The topological polar surface area (TPSA) is 76.7 Å². The number of rotatable bonds is 3. The van der Waals surface area contributed by atoms with Crippen molar-refractivity contribution in [3.8, 4) is 0 Å². The number of amides is 1. The van der Waals surface area contributed by atoms with Gasteiger partial charge in [-0.25, -0.2) is 4.98 Å². The molecule has 1 aliphatic rings. The van der Waals surface area contributed by atoms with Crippen molar-refractivity contribution in [2.24, 2.45) is 5.16 Å². The van der Waals surface area contributed by atoms with Crippen molar-refractivity contribution < 1.29 is 14.0 Å². The highest BCUT2D eigenvalue weighted by Crippen LogP contribution is 2.01. The van der Waals surface area contributed by atoms with Gasteiger partial charge in [0.2, 0.25) is 0 Å². The molecule has 0 radical (unpaired) electrons. The molecule has 1 amide bonds. The number of oxime groups is 1. The van der Waals surface area contributed by atoms with Crippen molar-refractivity contribution in [1.29, 1.82) is 0 Å². The van der Waals surface area contributed by atoms with Gasteiger partial charge < -0.3 is 14.6 Å². The zero-order chi connectivity index (χ0) is 10.7. The first kappa shape index (κ1) is 9.70. The molecule has 6 nitrogen and oxygen atoms in total. The lowest BCUT2D eigenvalue weighted by Gasteiger charge is -1.99. The summed E-state index contributed by atoms with van der Waals surface area (Å²) in [6.45, 7) is 2.67. The molecular formula is C9H11N3O3. The molecule has 6 heteroatoms. The van der Waals surface area contributed by atoms with Gasteiger partial charge in [-0.3, -0.25) is 4.79 Å². The van der Waals surface area contributed by atoms with Crippen LogP contribution in [0.15, 0.2) is 15.8 Å². The molecular weight excluding hydrogens is 198 g/mol. The van der Waals surface area contributed by atoms with E-state index in [-0.39, 0.29) is 11.6 Å². The SMILES string of the molecule is Cc1nc(C(=O)NCC2=NOCC2)co1. The van der Waals surface area contributed by atoms with E-state index in [9.17, 15) is 4.79 Å². The van der Waals surface area contributed by atoms with E-state index >= 15 is 0 Å². The van der Waals surface area contributed by atoms with Gasteiger partial charge in [0, 0.05) is 13.3 Å².